The highest BCUT2D eigenvalue weighted by Crippen LogP contribution is 2.51. The number of hydrogen-bond acceptors (Lipinski definition) is 4. The normalized spacial score (nSPS) is 14.4. The molecule has 2 aliphatic heterocycles. The Labute approximate surface area is 343 Å². The third kappa shape index (κ3) is 5.87. The molecule has 9 rings (SSSR count). The van der Waals surface area contributed by atoms with Crippen LogP contribution in [-0.4, -0.2) is 6.71 Å². The van der Waals surface area contributed by atoms with Crippen LogP contribution >= 0.6 is 22.7 Å². The van der Waals surface area contributed by atoms with E-state index in [2.05, 4.69) is 197 Å². The van der Waals surface area contributed by atoms with E-state index in [0.717, 1.165) is 0 Å². The lowest BCUT2D eigenvalue weighted by Crippen LogP contribution is -2.59. The Hall–Kier alpha value is -4.32. The summed E-state index contributed by atoms with van der Waals surface area (Å²) in [5, 5.41) is 2.70. The molecule has 2 aliphatic rings. The Morgan fingerprint density at radius 3 is 1.11 bits per heavy atom. The van der Waals surface area contributed by atoms with Crippen LogP contribution in [-0.2, 0) is 21.7 Å². The van der Waals surface area contributed by atoms with E-state index in [4.69, 9.17) is 0 Å². The number of fused-ring (bicyclic) bond motifs is 8. The quantitative estimate of drug-likeness (QED) is 0.162. The Morgan fingerprint density at radius 1 is 0.429 bits per heavy atom. The lowest BCUT2D eigenvalue weighted by Gasteiger charge is -2.42. The first kappa shape index (κ1) is 37.3. The molecule has 0 atom stereocenters. The van der Waals surface area contributed by atoms with Crippen molar-refractivity contribution in [2.45, 2.75) is 112 Å². The maximum absolute atomic E-state index is 2.62. The first-order valence-corrected chi connectivity index (χ1v) is 21.9. The van der Waals surface area contributed by atoms with Gasteiger partial charge in [-0.25, -0.2) is 0 Å². The van der Waals surface area contributed by atoms with Gasteiger partial charge in [0.15, 0.2) is 0 Å². The molecule has 2 aromatic heterocycles. The van der Waals surface area contributed by atoms with Gasteiger partial charge < -0.3 is 9.80 Å². The molecule has 0 saturated carbocycles. The predicted octanol–water partition coefficient (Wildman–Crippen LogP) is 13.7. The fourth-order valence-electron chi connectivity index (χ4n) is 8.80. The molecule has 0 bridgehead atoms. The van der Waals surface area contributed by atoms with Crippen molar-refractivity contribution in [2.75, 3.05) is 9.80 Å². The van der Waals surface area contributed by atoms with Crippen LogP contribution in [0.1, 0.15) is 111 Å². The molecule has 0 N–H and O–H groups in total. The molecule has 0 fully saturated rings. The largest absolute Gasteiger partial charge is 0.310 e. The molecule has 284 valence electrons. The third-order valence-electron chi connectivity index (χ3n) is 12.1. The molecule has 0 spiro atoms. The van der Waals surface area contributed by atoms with Crippen LogP contribution in [0.2, 0.25) is 0 Å². The SMILES string of the molecule is Cc1cc2c3c(c1)N(c1ccc(C(C)(C)C)cc1)c1c(sc4ccc(C(C)(C)C)cc14)B3c1sc3ccc(C(C)(C)C)cc3c1N2c1ccc(C(C)(C)C)cc1. The lowest BCUT2D eigenvalue weighted by molar-refractivity contribution is 0.590. The van der Waals surface area contributed by atoms with E-state index in [1.54, 1.807) is 0 Å². The summed E-state index contributed by atoms with van der Waals surface area (Å²) in [5.74, 6) is 0. The standard InChI is InChI=1S/C51H55BN2S2/c1-30-26-39-43-40(27-30)54(36-22-16-32(17-23-36)49(5,6)7)45-38-29-34(51(11,12)13)19-25-42(38)56-47(45)52(43)46-44(37-28-33(50(8,9)10)18-24-41(37)55-46)53(39)35-20-14-31(15-21-35)48(2,3)4/h14-29H,1-13H3. The van der Waals surface area contributed by atoms with Crippen molar-refractivity contribution in [1.82, 2.24) is 0 Å². The predicted molar refractivity (Wildman–Crippen MR) is 251 cm³/mol. The summed E-state index contributed by atoms with van der Waals surface area (Å²) < 4.78 is 5.58. The van der Waals surface area contributed by atoms with E-state index in [1.165, 1.54) is 97.1 Å². The average Bonchev–Trinajstić information content (AvgIpc) is 3.68. The summed E-state index contributed by atoms with van der Waals surface area (Å²) in [6, 6.07) is 38.2. The second kappa shape index (κ2) is 12.3. The highest BCUT2D eigenvalue weighted by Gasteiger charge is 2.47. The first-order chi connectivity index (χ1) is 26.2. The molecule has 56 heavy (non-hydrogen) atoms. The van der Waals surface area contributed by atoms with Crippen LogP contribution in [0.3, 0.4) is 0 Å². The average molecular weight is 771 g/mol. The molecular formula is C51H55BN2S2. The van der Waals surface area contributed by atoms with E-state index in [1.807, 2.05) is 22.7 Å². The van der Waals surface area contributed by atoms with E-state index < -0.39 is 0 Å². The minimum Gasteiger partial charge on any atom is -0.310 e. The molecule has 4 heterocycles. The second-order valence-corrected chi connectivity index (χ2v) is 22.6. The van der Waals surface area contributed by atoms with Gasteiger partial charge in [-0.3, -0.25) is 0 Å². The van der Waals surface area contributed by atoms with Crippen molar-refractivity contribution in [1.29, 1.82) is 0 Å². The van der Waals surface area contributed by atoms with Crippen molar-refractivity contribution in [3.05, 3.63) is 125 Å². The van der Waals surface area contributed by atoms with Crippen molar-refractivity contribution in [3.8, 4) is 0 Å². The summed E-state index contributed by atoms with van der Waals surface area (Å²) in [7, 11) is 0. The van der Waals surface area contributed by atoms with Gasteiger partial charge in [0.2, 0.25) is 0 Å². The molecule has 0 radical (unpaired) electrons. The number of hydrogen-bond donors (Lipinski definition) is 0. The van der Waals surface area contributed by atoms with E-state index in [9.17, 15) is 0 Å². The van der Waals surface area contributed by atoms with Crippen molar-refractivity contribution < 1.29 is 0 Å². The van der Waals surface area contributed by atoms with Gasteiger partial charge in [0.05, 0.1) is 11.4 Å². The van der Waals surface area contributed by atoms with Crippen LogP contribution < -0.4 is 24.8 Å². The van der Waals surface area contributed by atoms with Crippen molar-refractivity contribution in [2.24, 2.45) is 0 Å². The Bertz CT molecular complexity index is 2500. The van der Waals surface area contributed by atoms with Gasteiger partial charge in [0.1, 0.15) is 0 Å². The number of nitrogens with zero attached hydrogens (tertiary/aromatic N) is 2. The maximum Gasteiger partial charge on any atom is 0.277 e. The maximum atomic E-state index is 2.62. The van der Waals surface area contributed by atoms with Crippen LogP contribution in [0.15, 0.2) is 97.1 Å². The van der Waals surface area contributed by atoms with Crippen LogP contribution in [0.5, 0.6) is 0 Å². The zero-order valence-corrected chi connectivity index (χ0v) is 37.2. The van der Waals surface area contributed by atoms with Crippen molar-refractivity contribution in [3.63, 3.8) is 0 Å². The van der Waals surface area contributed by atoms with E-state index in [-0.39, 0.29) is 28.4 Å². The van der Waals surface area contributed by atoms with Crippen LogP contribution in [0.25, 0.3) is 20.2 Å². The van der Waals surface area contributed by atoms with E-state index >= 15 is 0 Å². The highest BCUT2D eigenvalue weighted by molar-refractivity contribution is 7.40. The summed E-state index contributed by atoms with van der Waals surface area (Å²) >= 11 is 3.99. The molecule has 5 heteroatoms. The molecular weight excluding hydrogens is 716 g/mol. The minimum absolute atomic E-state index is 0.0375. The first-order valence-electron chi connectivity index (χ1n) is 20.3. The van der Waals surface area contributed by atoms with Crippen LogP contribution in [0, 0.1) is 6.92 Å². The monoisotopic (exact) mass is 770 g/mol. The molecule has 0 aliphatic carbocycles. The third-order valence-corrected chi connectivity index (χ3v) is 14.6. The smallest absolute Gasteiger partial charge is 0.277 e. The molecule has 0 unspecified atom stereocenters. The molecule has 2 nitrogen and oxygen atoms in total. The van der Waals surface area contributed by atoms with Gasteiger partial charge in [-0.15, -0.1) is 22.7 Å². The minimum atomic E-state index is 0.0375. The van der Waals surface area contributed by atoms with Gasteiger partial charge in [0.25, 0.3) is 6.71 Å². The molecule has 0 saturated heterocycles. The van der Waals surface area contributed by atoms with Crippen LogP contribution in [0.4, 0.5) is 34.1 Å². The summed E-state index contributed by atoms with van der Waals surface area (Å²) in [6.07, 6.45) is 0. The van der Waals surface area contributed by atoms with E-state index in [0.29, 0.717) is 0 Å². The molecule has 7 aromatic rings. The fraction of sp³-hybridized carbons (Fsp3) is 0.333. The Kier molecular flexibility index (Phi) is 8.21. The highest BCUT2D eigenvalue weighted by atomic mass is 32.1. The lowest BCUT2D eigenvalue weighted by atomic mass is 9.39. The number of benzene rings is 5. The number of aryl methyl sites for hydroxylation is 1. The number of rotatable bonds is 2. The molecule has 0 amide bonds. The Balaban J connectivity index is 1.40. The zero-order valence-electron chi connectivity index (χ0n) is 35.5. The van der Waals surface area contributed by atoms with Gasteiger partial charge >= 0.3 is 0 Å². The Morgan fingerprint density at radius 2 is 0.768 bits per heavy atom. The van der Waals surface area contributed by atoms with Gasteiger partial charge in [-0.2, -0.15) is 0 Å². The number of thiophene rings is 2. The summed E-state index contributed by atoms with van der Waals surface area (Å²) in [4.78, 5) is 5.23. The summed E-state index contributed by atoms with van der Waals surface area (Å²) in [6.45, 7) is 30.2. The summed E-state index contributed by atoms with van der Waals surface area (Å²) in [5.41, 5.74) is 16.0. The van der Waals surface area contributed by atoms with Gasteiger partial charge in [-0.05, 0) is 123 Å². The fourth-order valence-corrected chi connectivity index (χ4v) is 11.5. The van der Waals surface area contributed by atoms with Gasteiger partial charge in [-0.1, -0.05) is 119 Å². The topological polar surface area (TPSA) is 6.48 Å². The number of anilines is 6. The van der Waals surface area contributed by atoms with Crippen molar-refractivity contribution >= 4 is 98.7 Å². The molecule has 5 aromatic carbocycles. The second-order valence-electron chi connectivity index (χ2n) is 20.5. The zero-order chi connectivity index (χ0) is 39.9. The van der Waals surface area contributed by atoms with Gasteiger partial charge in [0, 0.05) is 52.5 Å².